The Hall–Kier alpha value is -1.73. The highest BCUT2D eigenvalue weighted by Gasteiger charge is 2.47. The summed E-state index contributed by atoms with van der Waals surface area (Å²) in [7, 11) is -1.19. The minimum Gasteiger partial charge on any atom is -0.398 e. The molecule has 0 aliphatic heterocycles. The third-order valence-electron chi connectivity index (χ3n) is 5.15. The normalized spacial score (nSPS) is 17.1. The predicted octanol–water partition coefficient (Wildman–Crippen LogP) is 5.27. The van der Waals surface area contributed by atoms with Crippen LogP contribution in [0.4, 0.5) is 14.5 Å². The molecule has 2 N–H and O–H groups in total. The Kier molecular flexibility index (Phi) is 5.45. The second-order valence-corrected chi connectivity index (χ2v) is 14.4. The van der Waals surface area contributed by atoms with Crippen molar-refractivity contribution in [3.05, 3.63) is 35.7 Å². The highest BCUT2D eigenvalue weighted by Crippen LogP contribution is 2.48. The zero-order chi connectivity index (χ0) is 19.8. The highest BCUT2D eigenvalue weighted by molar-refractivity contribution is 6.76. The molecule has 0 spiro atoms. The van der Waals surface area contributed by atoms with Gasteiger partial charge in [-0.1, -0.05) is 31.8 Å². The van der Waals surface area contributed by atoms with E-state index in [1.54, 1.807) is 6.20 Å². The molecule has 4 nitrogen and oxygen atoms in total. The summed E-state index contributed by atoms with van der Waals surface area (Å²) in [6, 6.07) is 6.86. The van der Waals surface area contributed by atoms with Crippen LogP contribution in [0.2, 0.25) is 25.7 Å². The number of rotatable bonds is 7. The maximum atomic E-state index is 13.4. The lowest BCUT2D eigenvalue weighted by Gasteiger charge is -2.35. The number of nitrogens with two attached hydrogens (primary N) is 1. The van der Waals surface area contributed by atoms with Crippen LogP contribution in [-0.4, -0.2) is 30.2 Å². The number of hydrogen-bond donors (Lipinski definition) is 1. The van der Waals surface area contributed by atoms with Crippen LogP contribution in [0.3, 0.4) is 0 Å². The Morgan fingerprint density at radius 3 is 2.59 bits per heavy atom. The van der Waals surface area contributed by atoms with Gasteiger partial charge in [0.2, 0.25) is 5.92 Å². The summed E-state index contributed by atoms with van der Waals surface area (Å²) in [5.74, 6) is -2.02. The summed E-state index contributed by atoms with van der Waals surface area (Å²) in [6.07, 6.45) is 1.47. The first-order valence-corrected chi connectivity index (χ1v) is 13.1. The maximum Gasteiger partial charge on any atom is 0.249 e. The van der Waals surface area contributed by atoms with E-state index in [1.165, 1.54) is 0 Å². The van der Waals surface area contributed by atoms with Crippen molar-refractivity contribution in [2.24, 2.45) is 0 Å². The van der Waals surface area contributed by atoms with E-state index in [0.29, 0.717) is 19.0 Å². The number of benzene rings is 1. The quantitative estimate of drug-likeness (QED) is 0.396. The van der Waals surface area contributed by atoms with E-state index in [1.807, 2.05) is 29.7 Å². The summed E-state index contributed by atoms with van der Waals surface area (Å²) in [6.45, 7) is 9.85. The molecule has 2 aromatic rings. The molecule has 1 aromatic heterocycles. The van der Waals surface area contributed by atoms with Gasteiger partial charge >= 0.3 is 0 Å². The van der Waals surface area contributed by atoms with E-state index in [2.05, 4.69) is 24.6 Å². The van der Waals surface area contributed by atoms with Crippen molar-refractivity contribution in [3.8, 4) is 11.4 Å². The van der Waals surface area contributed by atoms with Crippen molar-refractivity contribution in [2.75, 3.05) is 12.3 Å². The minimum absolute atomic E-state index is 0.122. The van der Waals surface area contributed by atoms with Crippen molar-refractivity contribution in [1.29, 1.82) is 0 Å². The van der Waals surface area contributed by atoms with E-state index in [-0.39, 0.29) is 18.8 Å². The zero-order valence-electron chi connectivity index (χ0n) is 16.6. The molecule has 0 bridgehead atoms. The minimum atomic E-state index is -2.56. The standard InChI is InChI=1S/C20H29F2N3OSi/c1-14-5-6-15(9-17(14)23)19-24-12-18(16-10-20(21,22)11-16)25(19)13-26-7-8-27(2,3)4/h5-6,9,12,16H,7-8,10-11,13,23H2,1-4H3. The Morgan fingerprint density at radius 2 is 2.00 bits per heavy atom. The van der Waals surface area contributed by atoms with Gasteiger partial charge in [0.05, 0.1) is 0 Å². The average molecular weight is 394 g/mol. The summed E-state index contributed by atoms with van der Waals surface area (Å²) < 4.78 is 34.7. The second kappa shape index (κ2) is 7.35. The molecule has 1 aromatic carbocycles. The lowest BCUT2D eigenvalue weighted by Crippen LogP contribution is -2.35. The van der Waals surface area contributed by atoms with Crippen molar-refractivity contribution in [3.63, 3.8) is 0 Å². The van der Waals surface area contributed by atoms with Crippen molar-refractivity contribution in [2.45, 2.75) is 64.0 Å². The number of imidazole rings is 1. The zero-order valence-corrected chi connectivity index (χ0v) is 17.6. The van der Waals surface area contributed by atoms with Crippen LogP contribution < -0.4 is 5.73 Å². The second-order valence-electron chi connectivity index (χ2n) is 8.82. The fourth-order valence-corrected chi connectivity index (χ4v) is 4.02. The summed E-state index contributed by atoms with van der Waals surface area (Å²) in [5, 5.41) is 0. The van der Waals surface area contributed by atoms with Gasteiger partial charge in [-0.3, -0.25) is 0 Å². The first-order chi connectivity index (χ1) is 12.6. The molecule has 0 amide bonds. The predicted molar refractivity (Wildman–Crippen MR) is 108 cm³/mol. The maximum absolute atomic E-state index is 13.4. The first-order valence-electron chi connectivity index (χ1n) is 9.43. The lowest BCUT2D eigenvalue weighted by molar-refractivity contribution is -0.0890. The number of alkyl halides is 2. The Balaban J connectivity index is 1.84. The summed E-state index contributed by atoms with van der Waals surface area (Å²) in [4.78, 5) is 4.53. The molecule has 1 aliphatic carbocycles. The molecule has 0 unspecified atom stereocenters. The molecular weight excluding hydrogens is 364 g/mol. The summed E-state index contributed by atoms with van der Waals surface area (Å²) >= 11 is 0. The number of nitrogen functional groups attached to an aromatic ring is 1. The Bertz CT molecular complexity index is 806. The first kappa shape index (κ1) is 20.0. The van der Waals surface area contributed by atoms with E-state index in [4.69, 9.17) is 10.5 Å². The Morgan fingerprint density at radius 1 is 1.30 bits per heavy atom. The fourth-order valence-electron chi connectivity index (χ4n) is 3.26. The van der Waals surface area contributed by atoms with Crippen LogP contribution in [-0.2, 0) is 11.5 Å². The van der Waals surface area contributed by atoms with Crippen molar-refractivity contribution < 1.29 is 13.5 Å². The smallest absolute Gasteiger partial charge is 0.249 e. The molecule has 0 radical (unpaired) electrons. The van der Waals surface area contributed by atoms with Crippen LogP contribution in [0.25, 0.3) is 11.4 Å². The third-order valence-corrected chi connectivity index (χ3v) is 6.85. The molecule has 1 heterocycles. The van der Waals surface area contributed by atoms with Gasteiger partial charge in [0.1, 0.15) is 12.6 Å². The lowest BCUT2D eigenvalue weighted by atomic mass is 9.79. The number of halogens is 2. The molecule has 0 atom stereocenters. The third kappa shape index (κ3) is 4.76. The van der Waals surface area contributed by atoms with Gasteiger partial charge in [0.15, 0.2) is 0 Å². The van der Waals surface area contributed by atoms with Crippen LogP contribution in [0.5, 0.6) is 0 Å². The SMILES string of the molecule is Cc1ccc(-c2ncc(C3CC(F)(F)C3)n2COCC[Si](C)(C)C)cc1N. The Labute approximate surface area is 160 Å². The molecule has 7 heteroatoms. The number of hydrogen-bond acceptors (Lipinski definition) is 3. The van der Waals surface area contributed by atoms with Gasteiger partial charge in [-0.2, -0.15) is 0 Å². The average Bonchev–Trinajstić information content (AvgIpc) is 2.94. The molecule has 1 fully saturated rings. The van der Waals surface area contributed by atoms with E-state index in [0.717, 1.165) is 28.7 Å². The number of aromatic nitrogens is 2. The van der Waals surface area contributed by atoms with Gasteiger partial charge in [-0.25, -0.2) is 13.8 Å². The molecule has 27 heavy (non-hydrogen) atoms. The van der Waals surface area contributed by atoms with Gasteiger partial charge in [-0.05, 0) is 24.6 Å². The fraction of sp³-hybridized carbons (Fsp3) is 0.550. The molecular formula is C20H29F2N3OSi. The van der Waals surface area contributed by atoms with E-state index in [9.17, 15) is 8.78 Å². The van der Waals surface area contributed by atoms with Crippen LogP contribution in [0, 0.1) is 6.92 Å². The van der Waals surface area contributed by atoms with Gasteiger partial charge < -0.3 is 15.0 Å². The number of anilines is 1. The van der Waals surface area contributed by atoms with Gasteiger partial charge in [0, 0.05) is 56.6 Å². The topological polar surface area (TPSA) is 53.1 Å². The summed E-state index contributed by atoms with van der Waals surface area (Å²) in [5.41, 5.74) is 9.45. The number of aryl methyl sites for hydroxylation is 1. The molecule has 1 saturated carbocycles. The van der Waals surface area contributed by atoms with E-state index >= 15 is 0 Å². The van der Waals surface area contributed by atoms with E-state index < -0.39 is 14.0 Å². The molecule has 0 saturated heterocycles. The number of nitrogens with zero attached hydrogens (tertiary/aromatic N) is 2. The van der Waals surface area contributed by atoms with Gasteiger partial charge in [-0.15, -0.1) is 0 Å². The van der Waals surface area contributed by atoms with Crippen molar-refractivity contribution in [1.82, 2.24) is 9.55 Å². The molecule has 3 rings (SSSR count). The van der Waals surface area contributed by atoms with Gasteiger partial charge in [0.25, 0.3) is 0 Å². The monoisotopic (exact) mass is 393 g/mol. The highest BCUT2D eigenvalue weighted by atomic mass is 28.3. The number of ether oxygens (including phenoxy) is 1. The van der Waals surface area contributed by atoms with Crippen molar-refractivity contribution >= 4 is 13.8 Å². The van der Waals surface area contributed by atoms with Crippen LogP contribution >= 0.6 is 0 Å². The molecule has 148 valence electrons. The van der Waals surface area contributed by atoms with Crippen LogP contribution in [0.1, 0.15) is 30.0 Å². The van der Waals surface area contributed by atoms with Crippen LogP contribution in [0.15, 0.2) is 24.4 Å². The molecule has 1 aliphatic rings. The largest absolute Gasteiger partial charge is 0.398 e.